The standard InChI is InChI=1S/C16H23NO4/c17-8-15-9-5-6-13(19)16(20)11(9)7-14(21-15)10-3-1-2-4-12(10)18/h5-6,10,12,14-15,18-20H,1-4,7-8,17H2. The first-order valence-corrected chi connectivity index (χ1v) is 7.69. The van der Waals surface area contributed by atoms with Crippen molar-refractivity contribution < 1.29 is 20.1 Å². The zero-order chi connectivity index (χ0) is 15.0. The van der Waals surface area contributed by atoms with E-state index in [0.717, 1.165) is 31.2 Å². The van der Waals surface area contributed by atoms with Gasteiger partial charge in [-0.25, -0.2) is 0 Å². The monoisotopic (exact) mass is 293 g/mol. The van der Waals surface area contributed by atoms with Gasteiger partial charge in [0, 0.05) is 24.4 Å². The van der Waals surface area contributed by atoms with E-state index < -0.39 is 0 Å². The third-order valence-corrected chi connectivity index (χ3v) is 4.86. The number of phenols is 2. The van der Waals surface area contributed by atoms with Crippen LogP contribution in [0.25, 0.3) is 0 Å². The summed E-state index contributed by atoms with van der Waals surface area (Å²) in [4.78, 5) is 0. The van der Waals surface area contributed by atoms with Crippen molar-refractivity contribution in [2.24, 2.45) is 11.7 Å². The fraction of sp³-hybridized carbons (Fsp3) is 0.625. The van der Waals surface area contributed by atoms with E-state index in [1.807, 2.05) is 0 Å². The molecule has 1 fully saturated rings. The number of aromatic hydroxyl groups is 2. The quantitative estimate of drug-likeness (QED) is 0.621. The van der Waals surface area contributed by atoms with Crippen molar-refractivity contribution >= 4 is 0 Å². The van der Waals surface area contributed by atoms with E-state index in [9.17, 15) is 15.3 Å². The zero-order valence-corrected chi connectivity index (χ0v) is 12.0. The van der Waals surface area contributed by atoms with E-state index in [-0.39, 0.29) is 35.7 Å². The Bertz CT molecular complexity index is 519. The molecule has 5 N–H and O–H groups in total. The molecule has 1 saturated carbocycles. The second-order valence-corrected chi connectivity index (χ2v) is 6.12. The summed E-state index contributed by atoms with van der Waals surface area (Å²) in [5.41, 5.74) is 7.35. The van der Waals surface area contributed by atoms with Crippen LogP contribution in [0.2, 0.25) is 0 Å². The Morgan fingerprint density at radius 3 is 2.67 bits per heavy atom. The summed E-state index contributed by atoms with van der Waals surface area (Å²) in [6.07, 6.45) is 3.57. The highest BCUT2D eigenvalue weighted by Crippen LogP contribution is 2.43. The molecule has 21 heavy (non-hydrogen) atoms. The van der Waals surface area contributed by atoms with E-state index in [2.05, 4.69) is 0 Å². The van der Waals surface area contributed by atoms with Crippen LogP contribution < -0.4 is 5.73 Å². The van der Waals surface area contributed by atoms with E-state index in [0.29, 0.717) is 18.5 Å². The number of aliphatic hydroxyl groups excluding tert-OH is 1. The highest BCUT2D eigenvalue weighted by Gasteiger charge is 2.38. The maximum Gasteiger partial charge on any atom is 0.161 e. The maximum atomic E-state index is 10.2. The van der Waals surface area contributed by atoms with Gasteiger partial charge in [-0.3, -0.25) is 0 Å². The molecule has 1 aromatic rings. The van der Waals surface area contributed by atoms with Gasteiger partial charge in [0.05, 0.1) is 18.3 Å². The minimum absolute atomic E-state index is 0.0719. The molecule has 2 aliphatic rings. The molecule has 0 saturated heterocycles. The van der Waals surface area contributed by atoms with Gasteiger partial charge in [0.15, 0.2) is 11.5 Å². The van der Waals surface area contributed by atoms with Crippen LogP contribution in [0.1, 0.15) is 42.9 Å². The molecule has 5 nitrogen and oxygen atoms in total. The molecule has 5 heteroatoms. The maximum absolute atomic E-state index is 10.2. The molecule has 0 aromatic heterocycles. The molecule has 116 valence electrons. The van der Waals surface area contributed by atoms with Gasteiger partial charge in [0.1, 0.15) is 0 Å². The predicted molar refractivity (Wildman–Crippen MR) is 78.1 cm³/mol. The van der Waals surface area contributed by atoms with Crippen LogP contribution in [-0.2, 0) is 11.2 Å². The number of hydrogen-bond donors (Lipinski definition) is 4. The largest absolute Gasteiger partial charge is 0.504 e. The number of nitrogens with two attached hydrogens (primary N) is 1. The van der Waals surface area contributed by atoms with Crippen LogP contribution >= 0.6 is 0 Å². The lowest BCUT2D eigenvalue weighted by molar-refractivity contribution is -0.0929. The Morgan fingerprint density at radius 1 is 1.19 bits per heavy atom. The Labute approximate surface area is 124 Å². The van der Waals surface area contributed by atoms with Crippen LogP contribution in [0.3, 0.4) is 0 Å². The third-order valence-electron chi connectivity index (χ3n) is 4.86. The lowest BCUT2D eigenvalue weighted by Crippen LogP contribution is -2.41. The first kappa shape index (κ1) is 14.6. The van der Waals surface area contributed by atoms with Gasteiger partial charge in [-0.1, -0.05) is 18.9 Å². The third kappa shape index (κ3) is 2.61. The number of ether oxygens (including phenoxy) is 1. The Kier molecular flexibility index (Phi) is 4.06. The second kappa shape index (κ2) is 5.83. The van der Waals surface area contributed by atoms with Gasteiger partial charge in [0.2, 0.25) is 0 Å². The van der Waals surface area contributed by atoms with Gasteiger partial charge in [-0.2, -0.15) is 0 Å². The summed E-state index contributed by atoms with van der Waals surface area (Å²) in [6.45, 7) is 0.316. The van der Waals surface area contributed by atoms with Crippen LogP contribution in [0.5, 0.6) is 11.5 Å². The van der Waals surface area contributed by atoms with E-state index >= 15 is 0 Å². The minimum atomic E-state index is -0.358. The van der Waals surface area contributed by atoms with E-state index in [1.54, 1.807) is 6.07 Å². The number of rotatable bonds is 2. The number of aliphatic hydroxyl groups is 1. The zero-order valence-electron chi connectivity index (χ0n) is 12.0. The molecule has 4 atom stereocenters. The Balaban J connectivity index is 1.92. The van der Waals surface area contributed by atoms with Gasteiger partial charge < -0.3 is 25.8 Å². The smallest absolute Gasteiger partial charge is 0.161 e. The molecule has 1 aliphatic carbocycles. The van der Waals surface area contributed by atoms with Gasteiger partial charge in [-0.15, -0.1) is 0 Å². The van der Waals surface area contributed by atoms with Gasteiger partial charge in [-0.05, 0) is 24.5 Å². The molecule has 3 rings (SSSR count). The number of fused-ring (bicyclic) bond motifs is 1. The van der Waals surface area contributed by atoms with E-state index in [1.165, 1.54) is 6.07 Å². The average molecular weight is 293 g/mol. The molecule has 1 heterocycles. The number of benzene rings is 1. The number of phenolic OH excluding ortho intramolecular Hbond substituents is 2. The molecule has 0 spiro atoms. The predicted octanol–water partition coefficient (Wildman–Crippen LogP) is 1.59. The highest BCUT2D eigenvalue weighted by molar-refractivity contribution is 5.51. The SMILES string of the molecule is NCC1OC(C2CCCCC2O)Cc2c1ccc(O)c2O. The molecule has 1 aromatic carbocycles. The average Bonchev–Trinajstić information content (AvgIpc) is 2.50. The Hall–Kier alpha value is -1.30. The van der Waals surface area contributed by atoms with Crippen molar-refractivity contribution in [2.45, 2.75) is 50.4 Å². The molecular weight excluding hydrogens is 270 g/mol. The fourth-order valence-electron chi connectivity index (χ4n) is 3.70. The minimum Gasteiger partial charge on any atom is -0.504 e. The molecular formula is C16H23NO4. The normalized spacial score (nSPS) is 32.7. The van der Waals surface area contributed by atoms with Crippen LogP contribution in [0.4, 0.5) is 0 Å². The summed E-state index contributed by atoms with van der Waals surface area (Å²) in [6, 6.07) is 3.23. The van der Waals surface area contributed by atoms with Crippen molar-refractivity contribution in [1.82, 2.24) is 0 Å². The van der Waals surface area contributed by atoms with Crippen molar-refractivity contribution in [3.05, 3.63) is 23.3 Å². The van der Waals surface area contributed by atoms with Crippen molar-refractivity contribution in [3.63, 3.8) is 0 Å². The lowest BCUT2D eigenvalue weighted by Gasteiger charge is -2.40. The summed E-state index contributed by atoms with van der Waals surface area (Å²) >= 11 is 0. The summed E-state index contributed by atoms with van der Waals surface area (Å²) in [7, 11) is 0. The van der Waals surface area contributed by atoms with Gasteiger partial charge >= 0.3 is 0 Å². The van der Waals surface area contributed by atoms with Crippen LogP contribution in [0.15, 0.2) is 12.1 Å². The molecule has 0 bridgehead atoms. The molecule has 1 aliphatic heterocycles. The van der Waals surface area contributed by atoms with E-state index in [4.69, 9.17) is 10.5 Å². The second-order valence-electron chi connectivity index (χ2n) is 6.12. The van der Waals surface area contributed by atoms with Gasteiger partial charge in [0.25, 0.3) is 0 Å². The molecule has 0 radical (unpaired) electrons. The Morgan fingerprint density at radius 2 is 1.95 bits per heavy atom. The molecule has 0 amide bonds. The first-order chi connectivity index (χ1) is 10.1. The topological polar surface area (TPSA) is 95.9 Å². The van der Waals surface area contributed by atoms with Crippen LogP contribution in [-0.4, -0.2) is 34.1 Å². The number of hydrogen-bond acceptors (Lipinski definition) is 5. The fourth-order valence-corrected chi connectivity index (χ4v) is 3.70. The van der Waals surface area contributed by atoms with Crippen molar-refractivity contribution in [2.75, 3.05) is 6.54 Å². The first-order valence-electron chi connectivity index (χ1n) is 7.69. The summed E-state index contributed by atoms with van der Waals surface area (Å²) < 4.78 is 6.09. The molecule has 4 unspecified atom stereocenters. The summed E-state index contributed by atoms with van der Waals surface area (Å²) in [5, 5.41) is 30.1. The summed E-state index contributed by atoms with van der Waals surface area (Å²) in [5.74, 6) is -0.124. The highest BCUT2D eigenvalue weighted by atomic mass is 16.5. The van der Waals surface area contributed by atoms with Crippen LogP contribution in [0, 0.1) is 5.92 Å². The van der Waals surface area contributed by atoms with Crippen molar-refractivity contribution in [3.8, 4) is 11.5 Å². The van der Waals surface area contributed by atoms with Crippen molar-refractivity contribution in [1.29, 1.82) is 0 Å². The lowest BCUT2D eigenvalue weighted by atomic mass is 9.78.